The maximum Gasteiger partial charge on any atom is 0.113 e. The lowest BCUT2D eigenvalue weighted by atomic mass is 9.77. The van der Waals surface area contributed by atoms with Gasteiger partial charge in [-0.15, -0.1) is 0 Å². The lowest BCUT2D eigenvalue weighted by Crippen LogP contribution is -2.20. The zero-order valence-electron chi connectivity index (χ0n) is 13.9. The Balaban J connectivity index is 3.63. The average Bonchev–Trinajstić information content (AvgIpc) is 2.39. The number of hydrogen-bond donors (Lipinski definition) is 0. The Morgan fingerprint density at radius 2 is 1.00 bits per heavy atom. The molecule has 0 saturated heterocycles. The molecule has 1 heteroatoms. The molecule has 1 rings (SSSR count). The van der Waals surface area contributed by atoms with Crippen LogP contribution in [0.3, 0.4) is 0 Å². The van der Waals surface area contributed by atoms with Crippen LogP contribution in [0.5, 0.6) is 0 Å². The molecule has 0 aliphatic carbocycles. The smallest absolute Gasteiger partial charge is 0.113 e. The molecule has 1 aromatic heterocycles. The Bertz CT molecular complexity index is 428. The van der Waals surface area contributed by atoms with E-state index in [-0.39, 0.29) is 16.2 Å². The second-order valence-electron chi connectivity index (χ2n) is 8.51. The molecule has 0 aliphatic rings. The molecule has 0 amide bonds. The quantitative estimate of drug-likeness (QED) is 0.594. The van der Waals surface area contributed by atoms with Crippen LogP contribution in [-0.2, 0) is 16.2 Å². The molecule has 104 valence electrons. The van der Waals surface area contributed by atoms with E-state index in [2.05, 4.69) is 69.2 Å². The molecule has 0 radical (unpaired) electrons. The van der Waals surface area contributed by atoms with Crippen LogP contribution >= 0.6 is 0 Å². The van der Waals surface area contributed by atoms with Crippen LogP contribution in [0, 0.1) is 6.92 Å². The maximum atomic E-state index is 6.30. The Morgan fingerprint density at radius 3 is 1.22 bits per heavy atom. The molecule has 0 spiro atoms. The van der Waals surface area contributed by atoms with Crippen molar-refractivity contribution in [1.82, 2.24) is 0 Å². The molecule has 0 atom stereocenters. The monoisotopic (exact) mass is 250 g/mol. The standard InChI is InChI=1S/C17H30O/c1-11-12(15(2,3)4)14(17(8,9)10)18-13(11)16(5,6)7/h1-10H3. The lowest BCUT2D eigenvalue weighted by Gasteiger charge is -2.25. The maximum absolute atomic E-state index is 6.30. The van der Waals surface area contributed by atoms with E-state index in [4.69, 9.17) is 4.42 Å². The Kier molecular flexibility index (Phi) is 3.53. The highest BCUT2D eigenvalue weighted by Crippen LogP contribution is 2.42. The van der Waals surface area contributed by atoms with E-state index in [1.54, 1.807) is 0 Å². The fourth-order valence-corrected chi connectivity index (χ4v) is 2.66. The predicted octanol–water partition coefficient (Wildman–Crippen LogP) is 5.48. The SMILES string of the molecule is Cc1c(C(C)(C)C)oc(C(C)(C)C)c1C(C)(C)C. The second-order valence-corrected chi connectivity index (χ2v) is 8.51. The van der Waals surface area contributed by atoms with Crippen molar-refractivity contribution in [2.75, 3.05) is 0 Å². The third-order valence-electron chi connectivity index (χ3n) is 3.26. The van der Waals surface area contributed by atoms with E-state index in [1.165, 1.54) is 11.1 Å². The molecular formula is C17H30O. The summed E-state index contributed by atoms with van der Waals surface area (Å²) in [4.78, 5) is 0. The molecule has 0 fully saturated rings. The van der Waals surface area contributed by atoms with Crippen molar-refractivity contribution in [3.63, 3.8) is 0 Å². The summed E-state index contributed by atoms with van der Waals surface area (Å²) in [5.74, 6) is 2.29. The second kappa shape index (κ2) is 4.15. The molecule has 0 aliphatic heterocycles. The normalized spacial score (nSPS) is 14.1. The summed E-state index contributed by atoms with van der Waals surface area (Å²) >= 11 is 0. The minimum Gasteiger partial charge on any atom is -0.464 e. The molecule has 0 unspecified atom stereocenters. The van der Waals surface area contributed by atoms with E-state index in [0.717, 1.165) is 11.5 Å². The summed E-state index contributed by atoms with van der Waals surface area (Å²) in [7, 11) is 0. The highest BCUT2D eigenvalue weighted by atomic mass is 16.3. The molecule has 1 aromatic rings. The summed E-state index contributed by atoms with van der Waals surface area (Å²) < 4.78 is 6.30. The van der Waals surface area contributed by atoms with Crippen molar-refractivity contribution in [1.29, 1.82) is 0 Å². The van der Waals surface area contributed by atoms with Gasteiger partial charge in [0.1, 0.15) is 11.5 Å². The number of rotatable bonds is 0. The van der Waals surface area contributed by atoms with Gasteiger partial charge in [-0.3, -0.25) is 0 Å². The first kappa shape index (κ1) is 15.3. The highest BCUT2D eigenvalue weighted by Gasteiger charge is 2.35. The predicted molar refractivity (Wildman–Crippen MR) is 79.5 cm³/mol. The van der Waals surface area contributed by atoms with Crippen molar-refractivity contribution in [3.05, 3.63) is 22.6 Å². The summed E-state index contributed by atoms with van der Waals surface area (Å²) in [6.07, 6.45) is 0. The van der Waals surface area contributed by atoms with Crippen LogP contribution in [0.1, 0.15) is 85.0 Å². The van der Waals surface area contributed by atoms with Crippen LogP contribution < -0.4 is 0 Å². The topological polar surface area (TPSA) is 13.1 Å². The summed E-state index contributed by atoms with van der Waals surface area (Å²) in [5, 5.41) is 0. The van der Waals surface area contributed by atoms with Crippen molar-refractivity contribution < 1.29 is 4.42 Å². The van der Waals surface area contributed by atoms with Crippen LogP contribution in [0.2, 0.25) is 0 Å². The average molecular weight is 250 g/mol. The van der Waals surface area contributed by atoms with Gasteiger partial charge < -0.3 is 4.42 Å². The summed E-state index contributed by atoms with van der Waals surface area (Å²) in [6, 6.07) is 0. The minimum absolute atomic E-state index is 0.0525. The number of furan rings is 1. The first-order valence-electron chi connectivity index (χ1n) is 6.91. The van der Waals surface area contributed by atoms with Gasteiger partial charge in [0.2, 0.25) is 0 Å². The van der Waals surface area contributed by atoms with Crippen molar-refractivity contribution in [2.24, 2.45) is 0 Å². The third-order valence-corrected chi connectivity index (χ3v) is 3.26. The van der Waals surface area contributed by atoms with Gasteiger partial charge in [0.25, 0.3) is 0 Å². The third kappa shape index (κ3) is 2.81. The fraction of sp³-hybridized carbons (Fsp3) is 0.765. The van der Waals surface area contributed by atoms with Gasteiger partial charge in [-0.2, -0.15) is 0 Å². The van der Waals surface area contributed by atoms with Gasteiger partial charge in [0, 0.05) is 16.4 Å². The van der Waals surface area contributed by atoms with Crippen LogP contribution in [0.25, 0.3) is 0 Å². The van der Waals surface area contributed by atoms with Crippen LogP contribution in [-0.4, -0.2) is 0 Å². The molecule has 1 nitrogen and oxygen atoms in total. The molecule has 0 saturated carbocycles. The first-order chi connectivity index (χ1) is 7.76. The van der Waals surface area contributed by atoms with Gasteiger partial charge in [-0.1, -0.05) is 62.3 Å². The molecule has 0 N–H and O–H groups in total. The Hall–Kier alpha value is -0.720. The summed E-state index contributed by atoms with van der Waals surface area (Å²) in [5.41, 5.74) is 2.96. The van der Waals surface area contributed by atoms with E-state index in [0.29, 0.717) is 0 Å². The van der Waals surface area contributed by atoms with Gasteiger partial charge in [0.15, 0.2) is 0 Å². The van der Waals surface area contributed by atoms with Crippen molar-refractivity contribution in [2.45, 2.75) is 85.5 Å². The Labute approximate surface area is 113 Å². The lowest BCUT2D eigenvalue weighted by molar-refractivity contribution is 0.336. The van der Waals surface area contributed by atoms with Crippen LogP contribution in [0.4, 0.5) is 0 Å². The van der Waals surface area contributed by atoms with Crippen molar-refractivity contribution >= 4 is 0 Å². The van der Waals surface area contributed by atoms with E-state index in [9.17, 15) is 0 Å². The van der Waals surface area contributed by atoms with Gasteiger partial charge in [-0.05, 0) is 17.9 Å². The minimum atomic E-state index is 0.0525. The molecule has 0 bridgehead atoms. The summed E-state index contributed by atoms with van der Waals surface area (Å²) in [6.45, 7) is 22.4. The number of hydrogen-bond acceptors (Lipinski definition) is 1. The highest BCUT2D eigenvalue weighted by molar-refractivity contribution is 5.42. The molecular weight excluding hydrogens is 220 g/mol. The first-order valence-corrected chi connectivity index (χ1v) is 6.91. The van der Waals surface area contributed by atoms with E-state index < -0.39 is 0 Å². The van der Waals surface area contributed by atoms with E-state index >= 15 is 0 Å². The van der Waals surface area contributed by atoms with Crippen molar-refractivity contribution in [3.8, 4) is 0 Å². The molecule has 0 aromatic carbocycles. The molecule has 18 heavy (non-hydrogen) atoms. The molecule has 1 heterocycles. The zero-order chi connectivity index (χ0) is 14.5. The van der Waals surface area contributed by atoms with E-state index in [1.807, 2.05) is 0 Å². The van der Waals surface area contributed by atoms with Gasteiger partial charge in [0.05, 0.1) is 0 Å². The zero-order valence-corrected chi connectivity index (χ0v) is 13.9. The van der Waals surface area contributed by atoms with Gasteiger partial charge in [-0.25, -0.2) is 0 Å². The van der Waals surface area contributed by atoms with Gasteiger partial charge >= 0.3 is 0 Å². The van der Waals surface area contributed by atoms with Crippen LogP contribution in [0.15, 0.2) is 4.42 Å². The Morgan fingerprint density at radius 1 is 0.611 bits per heavy atom. The largest absolute Gasteiger partial charge is 0.464 e. The fourth-order valence-electron chi connectivity index (χ4n) is 2.66.